The molecule has 0 heterocycles. The van der Waals surface area contributed by atoms with Gasteiger partial charge in [-0.25, -0.2) is 0 Å². The van der Waals surface area contributed by atoms with Crippen molar-refractivity contribution in [1.29, 1.82) is 0 Å². The van der Waals surface area contributed by atoms with Crippen molar-refractivity contribution in [3.63, 3.8) is 0 Å². The third kappa shape index (κ3) is 8.17. The van der Waals surface area contributed by atoms with Crippen molar-refractivity contribution in [3.05, 3.63) is 215 Å². The Balaban J connectivity index is 1.01. The first-order valence-corrected chi connectivity index (χ1v) is 21.1. The first-order valence-electron chi connectivity index (χ1n) is 21.1. The summed E-state index contributed by atoms with van der Waals surface area (Å²) in [5.74, 6) is 0. The van der Waals surface area contributed by atoms with E-state index in [1.54, 1.807) is 0 Å². The summed E-state index contributed by atoms with van der Waals surface area (Å²) in [6, 6.07) is 67.8. The van der Waals surface area contributed by atoms with E-state index < -0.39 is 11.1 Å². The van der Waals surface area contributed by atoms with Gasteiger partial charge in [-0.05, 0) is 59.1 Å². The summed E-state index contributed by atoms with van der Waals surface area (Å²) in [6.07, 6.45) is 9.64. The maximum absolute atomic E-state index is 4.35. The van der Waals surface area contributed by atoms with E-state index in [-0.39, 0.29) is 0 Å². The van der Waals surface area contributed by atoms with Crippen LogP contribution < -0.4 is 21.3 Å². The van der Waals surface area contributed by atoms with Crippen LogP contribution in [0, 0.1) is 0 Å². The van der Waals surface area contributed by atoms with Gasteiger partial charge < -0.3 is 10.6 Å². The van der Waals surface area contributed by atoms with E-state index in [1.807, 2.05) is 0 Å². The molecule has 0 aliphatic heterocycles. The zero-order chi connectivity index (χ0) is 37.9. The van der Waals surface area contributed by atoms with Crippen LogP contribution >= 0.6 is 0 Å². The van der Waals surface area contributed by atoms with Gasteiger partial charge in [0, 0.05) is 37.3 Å². The molecule has 0 radical (unpaired) electrons. The van der Waals surface area contributed by atoms with Gasteiger partial charge in [-0.15, -0.1) is 0 Å². The van der Waals surface area contributed by atoms with Crippen LogP contribution in [-0.4, -0.2) is 37.3 Å². The van der Waals surface area contributed by atoms with Crippen molar-refractivity contribution >= 4 is 0 Å². The van der Waals surface area contributed by atoms with Gasteiger partial charge in [-0.1, -0.05) is 208 Å². The quantitative estimate of drug-likeness (QED) is 0.0626. The van der Waals surface area contributed by atoms with Crippen LogP contribution in [0.5, 0.6) is 0 Å². The number of nitrogens with one attached hydrogen (secondary N) is 4. The molecule has 56 heavy (non-hydrogen) atoms. The Morgan fingerprint density at radius 1 is 0.304 bits per heavy atom. The first kappa shape index (κ1) is 38.1. The molecule has 4 heteroatoms. The largest absolute Gasteiger partial charge is 0.311 e. The molecular formula is C52H58N4. The molecule has 2 aliphatic rings. The van der Waals surface area contributed by atoms with Crippen LogP contribution in [-0.2, 0) is 11.1 Å². The van der Waals surface area contributed by atoms with E-state index in [0.717, 1.165) is 25.9 Å². The highest BCUT2D eigenvalue weighted by atomic mass is 15.1. The molecule has 2 saturated carbocycles. The maximum atomic E-state index is 4.35. The lowest BCUT2D eigenvalue weighted by molar-refractivity contribution is 0.234. The number of benzene rings is 6. The highest BCUT2D eigenvalue weighted by Crippen LogP contribution is 2.40. The summed E-state index contributed by atoms with van der Waals surface area (Å²) in [5, 5.41) is 16.9. The van der Waals surface area contributed by atoms with Crippen molar-refractivity contribution in [3.8, 4) is 0 Å². The smallest absolute Gasteiger partial charge is 0.0950 e. The van der Waals surface area contributed by atoms with Gasteiger partial charge in [-0.3, -0.25) is 10.6 Å². The van der Waals surface area contributed by atoms with Crippen molar-refractivity contribution < 1.29 is 0 Å². The molecule has 0 aromatic heterocycles. The highest BCUT2D eigenvalue weighted by molar-refractivity contribution is 5.51. The van der Waals surface area contributed by atoms with E-state index in [1.165, 1.54) is 71.9 Å². The van der Waals surface area contributed by atoms with Crippen LogP contribution in [0.1, 0.15) is 84.7 Å². The van der Waals surface area contributed by atoms with E-state index in [9.17, 15) is 0 Å². The maximum Gasteiger partial charge on any atom is 0.0950 e. The minimum atomic E-state index is -0.465. The summed E-state index contributed by atoms with van der Waals surface area (Å²) < 4.78 is 0. The van der Waals surface area contributed by atoms with Gasteiger partial charge in [0.15, 0.2) is 0 Å². The van der Waals surface area contributed by atoms with E-state index in [0.29, 0.717) is 24.2 Å². The predicted octanol–water partition coefficient (Wildman–Crippen LogP) is 9.95. The molecule has 0 spiro atoms. The average molecular weight is 739 g/mol. The summed E-state index contributed by atoms with van der Waals surface area (Å²) in [5.41, 5.74) is 6.72. The topological polar surface area (TPSA) is 48.1 Å². The monoisotopic (exact) mass is 738 g/mol. The SMILES string of the molecule is c1ccc(C(N[C@@H]2CCCCC2NCCN[C@@H]2CCCC[C@H]2NC(c2ccccc2)(c2ccccc2)c2ccccc2)(c2ccccc2)c2ccccc2)cc1. The fourth-order valence-corrected chi connectivity index (χ4v) is 9.80. The molecule has 0 bridgehead atoms. The Hall–Kier alpha value is -4.84. The Morgan fingerprint density at radius 2 is 0.518 bits per heavy atom. The Kier molecular flexibility index (Phi) is 12.5. The second-order valence-electron chi connectivity index (χ2n) is 15.9. The average Bonchev–Trinajstić information content (AvgIpc) is 3.29. The third-order valence-corrected chi connectivity index (χ3v) is 12.5. The van der Waals surface area contributed by atoms with Gasteiger partial charge in [0.1, 0.15) is 0 Å². The van der Waals surface area contributed by atoms with Crippen molar-refractivity contribution in [2.24, 2.45) is 0 Å². The van der Waals surface area contributed by atoms with Crippen LogP contribution in [0.15, 0.2) is 182 Å². The number of hydrogen-bond donors (Lipinski definition) is 4. The number of hydrogen-bond acceptors (Lipinski definition) is 4. The summed E-state index contributed by atoms with van der Waals surface area (Å²) in [4.78, 5) is 0. The normalized spacial score (nSPS) is 20.4. The lowest BCUT2D eigenvalue weighted by Crippen LogP contribution is -2.59. The summed E-state index contributed by atoms with van der Waals surface area (Å²) in [7, 11) is 0. The molecule has 2 aliphatic carbocycles. The van der Waals surface area contributed by atoms with Crippen molar-refractivity contribution in [1.82, 2.24) is 21.3 Å². The van der Waals surface area contributed by atoms with Gasteiger partial charge in [0.05, 0.1) is 11.1 Å². The second kappa shape index (κ2) is 18.4. The van der Waals surface area contributed by atoms with Crippen LogP contribution in [0.25, 0.3) is 0 Å². The molecule has 0 amide bonds. The van der Waals surface area contributed by atoms with E-state index in [4.69, 9.17) is 0 Å². The van der Waals surface area contributed by atoms with Crippen LogP contribution in [0.4, 0.5) is 0 Å². The molecule has 6 aromatic rings. The third-order valence-electron chi connectivity index (χ3n) is 12.5. The number of rotatable bonds is 15. The summed E-state index contributed by atoms with van der Waals surface area (Å²) in [6.45, 7) is 1.87. The van der Waals surface area contributed by atoms with Crippen LogP contribution in [0.2, 0.25) is 0 Å². The van der Waals surface area contributed by atoms with Crippen molar-refractivity contribution in [2.75, 3.05) is 13.1 Å². The first-order chi connectivity index (χ1) is 27.8. The highest BCUT2D eigenvalue weighted by Gasteiger charge is 2.42. The zero-order valence-corrected chi connectivity index (χ0v) is 32.7. The Morgan fingerprint density at radius 3 is 0.750 bits per heavy atom. The second-order valence-corrected chi connectivity index (χ2v) is 15.9. The molecule has 0 saturated heterocycles. The Bertz CT molecular complexity index is 1680. The minimum absolute atomic E-state index is 0.316. The molecule has 4 N–H and O–H groups in total. The fraction of sp³-hybridized carbons (Fsp3) is 0.308. The predicted molar refractivity (Wildman–Crippen MR) is 233 cm³/mol. The molecule has 4 nitrogen and oxygen atoms in total. The Labute approximate surface area is 335 Å². The van der Waals surface area contributed by atoms with E-state index in [2.05, 4.69) is 203 Å². The van der Waals surface area contributed by atoms with Gasteiger partial charge in [0.25, 0.3) is 0 Å². The molecule has 2 fully saturated rings. The minimum Gasteiger partial charge on any atom is -0.311 e. The van der Waals surface area contributed by atoms with Gasteiger partial charge >= 0.3 is 0 Å². The molecule has 8 rings (SSSR count). The molecule has 286 valence electrons. The van der Waals surface area contributed by atoms with Gasteiger partial charge in [0.2, 0.25) is 0 Å². The zero-order valence-electron chi connectivity index (χ0n) is 32.7. The van der Waals surface area contributed by atoms with Gasteiger partial charge in [-0.2, -0.15) is 0 Å². The van der Waals surface area contributed by atoms with Crippen molar-refractivity contribution in [2.45, 2.75) is 86.6 Å². The van der Waals surface area contributed by atoms with Crippen LogP contribution in [0.3, 0.4) is 0 Å². The van der Waals surface area contributed by atoms with E-state index >= 15 is 0 Å². The summed E-state index contributed by atoms with van der Waals surface area (Å²) >= 11 is 0. The lowest BCUT2D eigenvalue weighted by atomic mass is 9.75. The molecule has 6 aromatic carbocycles. The lowest BCUT2D eigenvalue weighted by Gasteiger charge is -2.44. The molecule has 1 unspecified atom stereocenters. The standard InChI is InChI=1S/C52H58N4/c1-7-23-41(24-8-1)51(42-25-9-2-10-26-42,43-27-11-3-12-28-43)55-49-37-21-19-35-47(49)53-39-40-54-48-36-20-22-38-50(48)56-52(44-29-13-4-14-30-44,45-31-15-5-16-32-45)46-33-17-6-18-34-46/h1-18,23-34,47-50,53-56H,19-22,35-40H2/t47-,48?,49-,50-/m1/s1. The fourth-order valence-electron chi connectivity index (χ4n) is 9.80. The molecule has 4 atom stereocenters. The molecular weight excluding hydrogens is 681 g/mol.